The molecule has 17 rings (SSSR count). The molecule has 0 spiro atoms. The maximum absolute atomic E-state index is 14.3. The van der Waals surface area contributed by atoms with Crippen molar-refractivity contribution in [3.8, 4) is 17.3 Å². The molecule has 2 amide bonds. The molecule has 0 aliphatic carbocycles. The lowest BCUT2D eigenvalue weighted by Gasteiger charge is -2.41. The Bertz CT molecular complexity index is 4770. The molecule has 0 bridgehead atoms. The topological polar surface area (TPSA) is 301 Å². The Morgan fingerprint density at radius 1 is 0.456 bits per heavy atom. The highest BCUT2D eigenvalue weighted by Gasteiger charge is 2.40. The van der Waals surface area contributed by atoms with Gasteiger partial charge in [-0.25, -0.2) is 19.1 Å². The van der Waals surface area contributed by atoms with Crippen LogP contribution in [-0.2, 0) is 37.5 Å². The quantitative estimate of drug-likeness (QED) is 0.0589. The number of amides is 2. The van der Waals surface area contributed by atoms with Crippen molar-refractivity contribution in [3.63, 3.8) is 0 Å². The summed E-state index contributed by atoms with van der Waals surface area (Å²) in [5.41, 5.74) is 4.73. The number of nitriles is 1. The number of rotatable bonds is 14. The predicted octanol–water partition coefficient (Wildman–Crippen LogP) is 16.1. The molecule has 3 unspecified atom stereocenters. The van der Waals surface area contributed by atoms with Crippen molar-refractivity contribution in [1.29, 1.82) is 5.26 Å². The number of nitrogens with zero attached hydrogens (tertiary/aromatic N) is 17. The number of hydrogen-bond acceptors (Lipinski definition) is 20. The van der Waals surface area contributed by atoms with Crippen molar-refractivity contribution in [2.45, 2.75) is 283 Å². The normalized spacial score (nSPS) is 24.1. The van der Waals surface area contributed by atoms with Gasteiger partial charge in [-0.15, -0.1) is 0 Å². The minimum absolute atomic E-state index is 0.00660. The molecule has 28 heteroatoms. The van der Waals surface area contributed by atoms with Gasteiger partial charge in [0.2, 0.25) is 0 Å². The lowest BCUT2D eigenvalue weighted by molar-refractivity contribution is 0.0246. The lowest BCUT2D eigenvalue weighted by Crippen LogP contribution is -2.48. The predicted molar refractivity (Wildman–Crippen MR) is 488 cm³/mol. The largest absolute Gasteiger partial charge is 0.443 e. The summed E-state index contributed by atoms with van der Waals surface area (Å²) in [7, 11) is 0. The molecule has 6 aromatic heterocycles. The van der Waals surface area contributed by atoms with E-state index in [1.807, 2.05) is 79.9 Å². The fraction of sp³-hybridized carbons (Fsp3) is 0.454. The van der Waals surface area contributed by atoms with Crippen LogP contribution in [0.25, 0.3) is 11.3 Å². The van der Waals surface area contributed by atoms with E-state index in [1.165, 1.54) is 46.5 Å². The molecule has 12 heterocycles. The summed E-state index contributed by atoms with van der Waals surface area (Å²) in [6.07, 6.45) is 16.4. The van der Waals surface area contributed by atoms with Crippen molar-refractivity contribution in [1.82, 2.24) is 59.2 Å². The number of benzene rings is 5. The second kappa shape index (κ2) is 42.6. The van der Waals surface area contributed by atoms with Gasteiger partial charge in [-0.1, -0.05) is 139 Å². The van der Waals surface area contributed by atoms with Crippen molar-refractivity contribution in [2.75, 3.05) is 24.5 Å². The maximum atomic E-state index is 14.3. The fourth-order valence-corrected chi connectivity index (χ4v) is 18.8. The molecule has 6 aliphatic heterocycles. The number of imide groups is 1. The first-order chi connectivity index (χ1) is 59.8. The van der Waals surface area contributed by atoms with Crippen LogP contribution in [0.4, 0.5) is 38.3 Å². The zero-order valence-electron chi connectivity index (χ0n) is 74.2. The molecule has 5 saturated heterocycles. The van der Waals surface area contributed by atoms with Crippen LogP contribution in [0.1, 0.15) is 198 Å². The molecule has 11 atom stereocenters. The Morgan fingerprint density at radius 3 is 1.06 bits per heavy atom. The van der Waals surface area contributed by atoms with Gasteiger partial charge in [0.25, 0.3) is 5.91 Å². The van der Waals surface area contributed by atoms with Gasteiger partial charge in [0, 0.05) is 116 Å². The highest BCUT2D eigenvalue weighted by Crippen LogP contribution is 2.38. The van der Waals surface area contributed by atoms with Gasteiger partial charge in [0.05, 0.1) is 109 Å². The number of aromatic amines is 1. The van der Waals surface area contributed by atoms with E-state index < -0.39 is 23.4 Å². The van der Waals surface area contributed by atoms with Gasteiger partial charge in [-0.05, 0) is 195 Å². The molecular formula is C97H124ClFN18O8. The maximum Gasteiger partial charge on any atom is 0.417 e. The lowest BCUT2D eigenvalue weighted by atomic mass is 9.95. The Morgan fingerprint density at radius 2 is 0.768 bits per heavy atom. The van der Waals surface area contributed by atoms with Gasteiger partial charge in [0.15, 0.2) is 23.3 Å². The van der Waals surface area contributed by atoms with Crippen molar-refractivity contribution < 1.29 is 44.2 Å². The highest BCUT2D eigenvalue weighted by molar-refractivity contribution is 6.35. The third kappa shape index (κ3) is 24.7. The monoisotopic (exact) mass is 1720 g/mol. The molecular weight excluding hydrogens is 1600 g/mol. The summed E-state index contributed by atoms with van der Waals surface area (Å²) < 4.78 is 27.4. The number of halogens is 2. The van der Waals surface area contributed by atoms with Crippen LogP contribution in [0.3, 0.4) is 0 Å². The van der Waals surface area contributed by atoms with Crippen LogP contribution in [0.5, 0.6) is 0 Å². The molecule has 5 fully saturated rings. The van der Waals surface area contributed by atoms with Crippen LogP contribution in [0, 0.1) is 17.1 Å². The van der Waals surface area contributed by atoms with Crippen LogP contribution in [0.15, 0.2) is 207 Å². The number of H-pyrrole nitrogens is 1. The van der Waals surface area contributed by atoms with Crippen LogP contribution in [0.2, 0.25) is 5.02 Å². The third-order valence-corrected chi connectivity index (χ3v) is 24.1. The van der Waals surface area contributed by atoms with Crippen molar-refractivity contribution in [3.05, 3.63) is 257 Å². The van der Waals surface area contributed by atoms with E-state index in [0.717, 1.165) is 124 Å². The summed E-state index contributed by atoms with van der Waals surface area (Å²) in [6.45, 7) is 29.6. The van der Waals surface area contributed by atoms with Crippen molar-refractivity contribution >= 4 is 52.7 Å². The van der Waals surface area contributed by atoms with Gasteiger partial charge >= 0.3 is 6.09 Å². The van der Waals surface area contributed by atoms with E-state index in [2.05, 4.69) is 230 Å². The number of hydrogen-bond donors (Lipinski definition) is 6. The van der Waals surface area contributed by atoms with E-state index >= 15 is 0 Å². The standard InChI is InChI=1S/C19H15ClFN3O3.4C17H23N3O.C10H17N3O/c1-19(2,3)27-18(26)24-9-14-16(17(24)25)11(20)7-13(23-14)15-10(8-22)5-4-6-12(15)21;4*1-13-10-16(21)11-14(2)20(13)17-8-9-19(18-17)12-15-6-4-3-5-7-15;1-7-5-9(14)6-8(2)13(7)10-3-4-11-12-10/h4-7H,9H2,1-3H3;4*3-9,13-14,16,21H,10-12H2,1-2H3;3-4,7-9,14H,5-6H2,1-2H3,(H,11,12)/t;13-,14+,16?;2*13-,14-;;7-,8-/m..11.1/s1. The number of anilines is 5. The first-order valence-corrected chi connectivity index (χ1v) is 44.3. The highest BCUT2D eigenvalue weighted by atomic mass is 35.5. The number of carbonyl (C=O) groups excluding carboxylic acids is 2. The summed E-state index contributed by atoms with van der Waals surface area (Å²) in [6, 6.07) is 62.4. The van der Waals surface area contributed by atoms with E-state index in [9.17, 15) is 44.8 Å². The first kappa shape index (κ1) is 92.9. The summed E-state index contributed by atoms with van der Waals surface area (Å²) in [5, 5.41) is 84.1. The molecule has 664 valence electrons. The van der Waals surface area contributed by atoms with E-state index in [0.29, 0.717) is 60.4 Å². The molecule has 5 aromatic carbocycles. The summed E-state index contributed by atoms with van der Waals surface area (Å²) >= 11 is 6.23. The van der Waals surface area contributed by atoms with Gasteiger partial charge in [-0.3, -0.25) is 28.6 Å². The number of ether oxygens (including phenoxy) is 1. The Labute approximate surface area is 739 Å². The van der Waals surface area contributed by atoms with Crippen LogP contribution in [-0.4, -0.2) is 193 Å². The smallest absolute Gasteiger partial charge is 0.417 e. The number of fused-ring (bicyclic) bond motifs is 1. The number of piperidine rings is 5. The average molecular weight is 1720 g/mol. The second-order valence-electron chi connectivity index (χ2n) is 35.5. The average Bonchev–Trinajstić information content (AvgIpc) is 1.63. The SMILES string of the molecule is CC(C)(C)OC(=O)N1Cc2nc(-c3c(F)cccc3C#N)cc(Cl)c2C1=O.CC1CC(O)CC(C)N1c1ccn(Cc2ccccc2)n1.C[C@@H]1CC(O)C[C@@H](C)N1c1ccn(Cc2ccccc2)n1.C[C@@H]1CC(O)C[C@@H](C)N1c1ccn(Cc2ccccc2)n1.C[C@@H]1CC(O)C[C@@H](C)N1c1ccn[nH]1.C[C@@H]1CC(O)C[C@H](C)N1c1ccn(Cc2ccccc2)n1. The number of aliphatic hydroxyl groups excluding tert-OH is 5. The van der Waals surface area contributed by atoms with Crippen molar-refractivity contribution in [2.24, 2.45) is 0 Å². The summed E-state index contributed by atoms with van der Waals surface area (Å²) in [4.78, 5) is 41.6. The zero-order chi connectivity index (χ0) is 89.3. The molecule has 26 nitrogen and oxygen atoms in total. The number of carbonyl (C=O) groups is 2. The molecule has 125 heavy (non-hydrogen) atoms. The summed E-state index contributed by atoms with van der Waals surface area (Å²) in [5.74, 6) is 3.84. The molecule has 6 N–H and O–H groups in total. The number of aromatic nitrogens is 11. The third-order valence-electron chi connectivity index (χ3n) is 23.8. The molecule has 0 saturated carbocycles. The van der Waals surface area contributed by atoms with Crippen LogP contribution < -0.4 is 24.5 Å². The minimum atomic E-state index is -0.813. The van der Waals surface area contributed by atoms with Gasteiger partial charge in [0.1, 0.15) is 17.2 Å². The van der Waals surface area contributed by atoms with Crippen LogP contribution >= 0.6 is 11.6 Å². The fourth-order valence-electron chi connectivity index (χ4n) is 18.5. The first-order valence-electron chi connectivity index (χ1n) is 43.9. The molecule has 6 aliphatic rings. The van der Waals surface area contributed by atoms with Gasteiger partial charge in [-0.2, -0.15) is 30.8 Å². The van der Waals surface area contributed by atoms with E-state index in [4.69, 9.17) is 36.7 Å². The molecule has 11 aromatic rings. The van der Waals surface area contributed by atoms with E-state index in [-0.39, 0.29) is 70.2 Å². The van der Waals surface area contributed by atoms with Gasteiger partial charge < -0.3 is 54.8 Å². The minimum Gasteiger partial charge on any atom is -0.443 e. The van der Waals surface area contributed by atoms with E-state index in [1.54, 1.807) is 27.0 Å². The molecule has 0 radical (unpaired) electrons. The zero-order valence-corrected chi connectivity index (χ0v) is 75.0. The Balaban J connectivity index is 0.000000138. The number of nitrogens with one attached hydrogen (secondary N) is 1. The second-order valence-corrected chi connectivity index (χ2v) is 35.9. The Hall–Kier alpha value is -11.3. The Kier molecular flexibility index (Phi) is 31.7. The number of aliphatic hydroxyl groups is 5. The number of pyridine rings is 1.